The Balaban J connectivity index is 2.03. The zero-order chi connectivity index (χ0) is 14.5. The number of ether oxygens (including phenoxy) is 1. The van der Waals surface area contributed by atoms with Crippen LogP contribution in [0.2, 0.25) is 0 Å². The van der Waals surface area contributed by atoms with Gasteiger partial charge in [0.05, 0.1) is 12.5 Å². The zero-order valence-corrected chi connectivity index (χ0v) is 12.7. The molecule has 0 bridgehead atoms. The second kappa shape index (κ2) is 7.15. The summed E-state index contributed by atoms with van der Waals surface area (Å²) in [6, 6.07) is 0. The van der Waals surface area contributed by atoms with E-state index >= 15 is 0 Å². The summed E-state index contributed by atoms with van der Waals surface area (Å²) < 4.78 is 11.1. The summed E-state index contributed by atoms with van der Waals surface area (Å²) in [6.45, 7) is 10.6. The molecule has 1 aliphatic heterocycles. The summed E-state index contributed by atoms with van der Waals surface area (Å²) in [5.41, 5.74) is 5.82. The lowest BCUT2D eigenvalue weighted by Gasteiger charge is -2.30. The first-order valence-electron chi connectivity index (χ1n) is 7.51. The first kappa shape index (κ1) is 15.4. The second-order valence-corrected chi connectivity index (χ2v) is 5.81. The van der Waals surface area contributed by atoms with Crippen LogP contribution < -0.4 is 5.73 Å². The van der Waals surface area contributed by atoms with E-state index in [9.17, 15) is 0 Å². The molecule has 2 atom stereocenters. The molecule has 0 spiro atoms. The molecule has 6 heteroatoms. The highest BCUT2D eigenvalue weighted by molar-refractivity contribution is 4.99. The van der Waals surface area contributed by atoms with E-state index in [1.165, 1.54) is 0 Å². The van der Waals surface area contributed by atoms with E-state index < -0.39 is 0 Å². The number of hydrogen-bond donors (Lipinski definition) is 1. The molecule has 2 N–H and O–H groups in total. The topological polar surface area (TPSA) is 77.4 Å². The van der Waals surface area contributed by atoms with Gasteiger partial charge >= 0.3 is 0 Å². The quantitative estimate of drug-likeness (QED) is 0.853. The number of morpholine rings is 1. The van der Waals surface area contributed by atoms with Crippen molar-refractivity contribution in [2.45, 2.75) is 39.2 Å². The molecule has 114 valence electrons. The number of nitrogens with zero attached hydrogens (tertiary/aromatic N) is 3. The monoisotopic (exact) mass is 282 g/mol. The van der Waals surface area contributed by atoms with Crippen molar-refractivity contribution >= 4 is 0 Å². The van der Waals surface area contributed by atoms with Gasteiger partial charge in [-0.1, -0.05) is 25.9 Å². The van der Waals surface area contributed by atoms with Gasteiger partial charge in [-0.05, 0) is 18.9 Å². The van der Waals surface area contributed by atoms with Crippen molar-refractivity contribution in [3.05, 3.63) is 11.7 Å². The lowest BCUT2D eigenvalue weighted by atomic mass is 9.97. The summed E-state index contributed by atoms with van der Waals surface area (Å²) in [5, 5.41) is 4.09. The number of aromatic nitrogens is 2. The van der Waals surface area contributed by atoms with Crippen LogP contribution >= 0.6 is 0 Å². The third-order valence-corrected chi connectivity index (χ3v) is 3.73. The first-order valence-corrected chi connectivity index (χ1v) is 7.51. The standard InChI is InChI=1S/C14H26N4O2/c1-4-18-5-6-19-12(9-18)13-16-14(20-17-13)11(8-15)7-10(2)3/h10-12H,4-9,15H2,1-3H3. The van der Waals surface area contributed by atoms with Crippen molar-refractivity contribution in [1.29, 1.82) is 0 Å². The van der Waals surface area contributed by atoms with Crippen molar-refractivity contribution in [1.82, 2.24) is 15.0 Å². The molecule has 0 amide bonds. The van der Waals surface area contributed by atoms with Crippen molar-refractivity contribution < 1.29 is 9.26 Å². The summed E-state index contributed by atoms with van der Waals surface area (Å²) in [6.07, 6.45) is 0.878. The van der Waals surface area contributed by atoms with Crippen LogP contribution in [0.1, 0.15) is 50.9 Å². The van der Waals surface area contributed by atoms with Gasteiger partial charge in [0, 0.05) is 19.6 Å². The minimum atomic E-state index is -0.0846. The number of nitrogens with two attached hydrogens (primary N) is 1. The Hall–Kier alpha value is -0.980. The van der Waals surface area contributed by atoms with Gasteiger partial charge in [-0.25, -0.2) is 0 Å². The van der Waals surface area contributed by atoms with Crippen LogP contribution in [0.3, 0.4) is 0 Å². The Morgan fingerprint density at radius 3 is 2.90 bits per heavy atom. The molecule has 2 rings (SSSR count). The molecule has 20 heavy (non-hydrogen) atoms. The van der Waals surface area contributed by atoms with Crippen LogP contribution in [0.5, 0.6) is 0 Å². The van der Waals surface area contributed by atoms with E-state index in [0.29, 0.717) is 30.8 Å². The van der Waals surface area contributed by atoms with E-state index in [2.05, 4.69) is 35.8 Å². The summed E-state index contributed by atoms with van der Waals surface area (Å²) in [7, 11) is 0. The van der Waals surface area contributed by atoms with Crippen molar-refractivity contribution in [2.24, 2.45) is 11.7 Å². The highest BCUT2D eigenvalue weighted by Crippen LogP contribution is 2.25. The van der Waals surface area contributed by atoms with Gasteiger partial charge in [0.25, 0.3) is 0 Å². The molecule has 1 aromatic heterocycles. The summed E-state index contributed by atoms with van der Waals surface area (Å²) in [4.78, 5) is 6.85. The van der Waals surface area contributed by atoms with E-state index in [1.54, 1.807) is 0 Å². The molecular formula is C14H26N4O2. The Morgan fingerprint density at radius 1 is 1.45 bits per heavy atom. The van der Waals surface area contributed by atoms with Crippen LogP contribution in [0.25, 0.3) is 0 Å². The molecule has 1 saturated heterocycles. The smallest absolute Gasteiger partial charge is 0.231 e. The third-order valence-electron chi connectivity index (χ3n) is 3.73. The van der Waals surface area contributed by atoms with Crippen molar-refractivity contribution in [2.75, 3.05) is 32.8 Å². The van der Waals surface area contributed by atoms with Crippen LogP contribution in [-0.2, 0) is 4.74 Å². The predicted octanol–water partition coefficient (Wildman–Crippen LogP) is 1.55. The third kappa shape index (κ3) is 3.77. The number of likely N-dealkylation sites (N-methyl/N-ethyl adjacent to an activating group) is 1. The SMILES string of the molecule is CCN1CCOC(c2noc(C(CN)CC(C)C)n2)C1. The van der Waals surface area contributed by atoms with Gasteiger partial charge in [-0.3, -0.25) is 4.90 Å². The summed E-state index contributed by atoms with van der Waals surface area (Å²) in [5.74, 6) is 2.00. The largest absolute Gasteiger partial charge is 0.367 e. The van der Waals surface area contributed by atoms with Crippen LogP contribution in [0.15, 0.2) is 4.52 Å². The fourth-order valence-corrected chi connectivity index (χ4v) is 2.56. The molecule has 0 radical (unpaired) electrons. The number of rotatable bonds is 6. The average Bonchev–Trinajstić information content (AvgIpc) is 2.94. The molecule has 6 nitrogen and oxygen atoms in total. The van der Waals surface area contributed by atoms with Crippen LogP contribution in [0, 0.1) is 5.92 Å². The molecule has 0 aliphatic carbocycles. The second-order valence-electron chi connectivity index (χ2n) is 5.81. The predicted molar refractivity (Wildman–Crippen MR) is 76.4 cm³/mol. The van der Waals surface area contributed by atoms with Crippen molar-refractivity contribution in [3.8, 4) is 0 Å². The van der Waals surface area contributed by atoms with Crippen LogP contribution in [-0.4, -0.2) is 47.8 Å². The first-order chi connectivity index (χ1) is 9.63. The highest BCUT2D eigenvalue weighted by Gasteiger charge is 2.27. The maximum Gasteiger partial charge on any atom is 0.231 e. The molecule has 2 unspecified atom stereocenters. The molecule has 0 saturated carbocycles. The zero-order valence-electron chi connectivity index (χ0n) is 12.7. The summed E-state index contributed by atoms with van der Waals surface area (Å²) >= 11 is 0. The van der Waals surface area contributed by atoms with Gasteiger partial charge in [0.1, 0.15) is 6.10 Å². The fourth-order valence-electron chi connectivity index (χ4n) is 2.56. The molecule has 1 aromatic rings. The van der Waals surface area contributed by atoms with Crippen LogP contribution in [0.4, 0.5) is 0 Å². The highest BCUT2D eigenvalue weighted by atomic mass is 16.5. The normalized spacial score (nSPS) is 22.4. The van der Waals surface area contributed by atoms with E-state index in [1.807, 2.05) is 0 Å². The Morgan fingerprint density at radius 2 is 2.25 bits per heavy atom. The lowest BCUT2D eigenvalue weighted by molar-refractivity contribution is -0.0334. The Bertz CT molecular complexity index is 408. The lowest BCUT2D eigenvalue weighted by Crippen LogP contribution is -2.38. The maximum atomic E-state index is 5.82. The van der Waals surface area contributed by atoms with Gasteiger partial charge < -0.3 is 15.0 Å². The molecule has 2 heterocycles. The Kier molecular flexibility index (Phi) is 5.51. The molecular weight excluding hydrogens is 256 g/mol. The maximum absolute atomic E-state index is 5.82. The fraction of sp³-hybridized carbons (Fsp3) is 0.857. The van der Waals surface area contributed by atoms with Gasteiger partial charge in [0.2, 0.25) is 11.7 Å². The van der Waals surface area contributed by atoms with Gasteiger partial charge in [0.15, 0.2) is 0 Å². The number of hydrogen-bond acceptors (Lipinski definition) is 6. The van der Waals surface area contributed by atoms with Gasteiger partial charge in [-0.2, -0.15) is 4.98 Å². The van der Waals surface area contributed by atoms with E-state index in [-0.39, 0.29) is 12.0 Å². The van der Waals surface area contributed by atoms with E-state index in [0.717, 1.165) is 26.1 Å². The van der Waals surface area contributed by atoms with Crippen molar-refractivity contribution in [3.63, 3.8) is 0 Å². The molecule has 1 aliphatic rings. The minimum absolute atomic E-state index is 0.0846. The molecule has 0 aromatic carbocycles. The Labute approximate surface area is 120 Å². The average molecular weight is 282 g/mol. The minimum Gasteiger partial charge on any atom is -0.367 e. The van der Waals surface area contributed by atoms with E-state index in [4.69, 9.17) is 15.0 Å². The van der Waals surface area contributed by atoms with Gasteiger partial charge in [-0.15, -0.1) is 0 Å². The molecule has 1 fully saturated rings.